The van der Waals surface area contributed by atoms with Crippen molar-refractivity contribution < 1.29 is 19.1 Å². The third-order valence-electron chi connectivity index (χ3n) is 5.07. The molecule has 0 bridgehead atoms. The number of esters is 1. The summed E-state index contributed by atoms with van der Waals surface area (Å²) in [6.07, 6.45) is 2.11. The Kier molecular flexibility index (Phi) is 7.34. The van der Waals surface area contributed by atoms with E-state index in [4.69, 9.17) is 15.9 Å². The molecule has 3 heterocycles. The zero-order valence-corrected chi connectivity index (χ0v) is 19.3. The molecule has 2 aliphatic heterocycles. The molecular weight excluding hydrogens is 440 g/mol. The van der Waals surface area contributed by atoms with Gasteiger partial charge >= 0.3 is 5.97 Å². The number of ether oxygens (including phenoxy) is 1. The molecule has 1 saturated heterocycles. The second kappa shape index (κ2) is 9.79. The maximum Gasteiger partial charge on any atom is 0.354 e. The van der Waals surface area contributed by atoms with Crippen LogP contribution in [0.5, 0.6) is 0 Å². The van der Waals surface area contributed by atoms with Gasteiger partial charge < -0.3 is 20.7 Å². The lowest BCUT2D eigenvalue weighted by molar-refractivity contribution is -0.151. The van der Waals surface area contributed by atoms with Crippen molar-refractivity contribution in [1.82, 2.24) is 20.1 Å². The van der Waals surface area contributed by atoms with Gasteiger partial charge in [0.25, 0.3) is 11.8 Å². The number of hydrogen-bond acceptors (Lipinski definition) is 10. The molecule has 0 saturated carbocycles. The summed E-state index contributed by atoms with van der Waals surface area (Å²) in [5.41, 5.74) is 6.44. The van der Waals surface area contributed by atoms with E-state index in [2.05, 4.69) is 22.1 Å². The fraction of sp³-hybridized carbons (Fsp3) is 0.526. The Labute approximate surface area is 188 Å². The lowest BCUT2D eigenvalue weighted by Crippen LogP contribution is -2.71. The zero-order valence-electron chi connectivity index (χ0n) is 17.6. The van der Waals surface area contributed by atoms with Crippen molar-refractivity contribution in [2.75, 3.05) is 38.7 Å². The van der Waals surface area contributed by atoms with E-state index in [1.54, 1.807) is 0 Å². The number of unbranched alkanes of at least 4 members (excludes halogenated alkanes) is 1. The summed E-state index contributed by atoms with van der Waals surface area (Å²) in [5.74, 6) is -1.13. The highest BCUT2D eigenvalue weighted by atomic mass is 32.2. The number of anilines is 1. The van der Waals surface area contributed by atoms with Crippen LogP contribution in [0.2, 0.25) is 0 Å². The Balaban J connectivity index is 1.73. The number of nitrogens with one attached hydrogen (secondary N) is 2. The third-order valence-corrected chi connectivity index (χ3v) is 7.09. The number of nitrogens with zero attached hydrogens (tertiary/aromatic N) is 3. The van der Waals surface area contributed by atoms with Crippen LogP contribution in [0.25, 0.3) is 0 Å². The highest BCUT2D eigenvalue weighted by molar-refractivity contribution is 8.00. The Morgan fingerprint density at radius 1 is 1.48 bits per heavy atom. The summed E-state index contributed by atoms with van der Waals surface area (Å²) in [6, 6.07) is -0.826. The maximum absolute atomic E-state index is 12.9. The first-order valence-corrected chi connectivity index (χ1v) is 11.8. The molecule has 12 heteroatoms. The number of aromatic nitrogens is 1. The summed E-state index contributed by atoms with van der Waals surface area (Å²) in [4.78, 5) is 45.3. The minimum absolute atomic E-state index is 0.160. The summed E-state index contributed by atoms with van der Waals surface area (Å²) < 4.78 is 4.94. The standard InChI is InChI=1S/C19H26N6O4S2/c1-4-5-6-24(2)7-10-8-30-17-13(16(27)25(17)14(10)18(28)29-3)23-15(26)12(20)11-9-31-19(21)22-11/h9,13,17,20H,4-8H2,1-3H3,(H2,21,22)(H,23,26)/t13?,17-/m1/s1. The van der Waals surface area contributed by atoms with E-state index >= 15 is 0 Å². The van der Waals surface area contributed by atoms with Crippen molar-refractivity contribution in [2.45, 2.75) is 31.2 Å². The van der Waals surface area contributed by atoms with Crippen molar-refractivity contribution >= 4 is 51.7 Å². The molecule has 0 spiro atoms. The number of β-lactam (4-membered cyclic amide) rings is 1. The number of likely N-dealkylation sites (N-methyl/N-ethyl adjacent to an activating group) is 1. The number of rotatable bonds is 9. The fourth-order valence-electron chi connectivity index (χ4n) is 3.46. The van der Waals surface area contributed by atoms with E-state index < -0.39 is 29.2 Å². The van der Waals surface area contributed by atoms with Gasteiger partial charge in [-0.25, -0.2) is 9.78 Å². The highest BCUT2D eigenvalue weighted by Crippen LogP contribution is 2.40. The third kappa shape index (κ3) is 4.75. The Morgan fingerprint density at radius 2 is 2.23 bits per heavy atom. The lowest BCUT2D eigenvalue weighted by Gasteiger charge is -2.49. The first-order valence-electron chi connectivity index (χ1n) is 9.82. The molecule has 168 valence electrons. The van der Waals surface area contributed by atoms with E-state index in [9.17, 15) is 14.4 Å². The average Bonchev–Trinajstić information content (AvgIpc) is 3.20. The van der Waals surface area contributed by atoms with E-state index in [0.29, 0.717) is 12.3 Å². The summed E-state index contributed by atoms with van der Waals surface area (Å²) in [5, 5.41) is 11.9. The van der Waals surface area contributed by atoms with Gasteiger partial charge in [0, 0.05) is 17.7 Å². The Morgan fingerprint density at radius 3 is 2.84 bits per heavy atom. The molecule has 1 unspecified atom stereocenters. The van der Waals surface area contributed by atoms with Crippen molar-refractivity contribution in [3.8, 4) is 0 Å². The van der Waals surface area contributed by atoms with Gasteiger partial charge in [0.1, 0.15) is 28.5 Å². The zero-order chi connectivity index (χ0) is 22.7. The minimum Gasteiger partial charge on any atom is -0.464 e. The summed E-state index contributed by atoms with van der Waals surface area (Å²) in [7, 11) is 3.26. The van der Waals surface area contributed by atoms with Crippen LogP contribution in [-0.2, 0) is 19.1 Å². The van der Waals surface area contributed by atoms with E-state index in [-0.39, 0.29) is 22.2 Å². The molecule has 1 aromatic heterocycles. The number of carbonyl (C=O) groups excluding carboxylic acids is 3. The second-order valence-electron chi connectivity index (χ2n) is 7.34. The molecular formula is C19H26N6O4S2. The number of methoxy groups -OCH3 is 1. The minimum atomic E-state index is -0.826. The number of hydrogen-bond donors (Lipinski definition) is 3. The molecule has 2 atom stereocenters. The van der Waals surface area contributed by atoms with E-state index in [1.807, 2.05) is 7.05 Å². The van der Waals surface area contributed by atoms with Gasteiger partial charge in [-0.2, -0.15) is 0 Å². The van der Waals surface area contributed by atoms with Gasteiger partial charge in [-0.1, -0.05) is 13.3 Å². The fourth-order valence-corrected chi connectivity index (χ4v) is 5.34. The van der Waals surface area contributed by atoms with Crippen LogP contribution in [0, 0.1) is 5.41 Å². The molecule has 4 N–H and O–H groups in total. The predicted molar refractivity (Wildman–Crippen MR) is 120 cm³/mol. The monoisotopic (exact) mass is 466 g/mol. The van der Waals surface area contributed by atoms with Gasteiger partial charge in [-0.05, 0) is 25.6 Å². The second-order valence-corrected chi connectivity index (χ2v) is 9.34. The first-order chi connectivity index (χ1) is 14.8. The molecule has 10 nitrogen and oxygen atoms in total. The SMILES string of the molecule is CCCCN(C)CC1=C(C(=O)OC)N2C(=O)C(NC(=O)C(=N)c3csc(N)n3)[C@H]2SC1. The molecule has 31 heavy (non-hydrogen) atoms. The number of thiazole rings is 1. The van der Waals surface area contributed by atoms with Gasteiger partial charge in [0.05, 0.1) is 7.11 Å². The molecule has 1 aromatic rings. The number of amides is 2. The van der Waals surface area contributed by atoms with Crippen LogP contribution in [0.4, 0.5) is 5.13 Å². The Bertz CT molecular complexity index is 930. The number of nitrogens with two attached hydrogens (primary N) is 1. The molecule has 1 fully saturated rings. The first kappa shape index (κ1) is 23.2. The van der Waals surface area contributed by atoms with Gasteiger partial charge in [-0.3, -0.25) is 19.9 Å². The maximum atomic E-state index is 12.9. The molecule has 0 aliphatic carbocycles. The quantitative estimate of drug-likeness (QED) is 0.274. The smallest absolute Gasteiger partial charge is 0.354 e. The number of thioether (sulfide) groups is 1. The van der Waals surface area contributed by atoms with Gasteiger partial charge in [0.15, 0.2) is 5.13 Å². The van der Waals surface area contributed by atoms with Crippen molar-refractivity contribution in [3.05, 3.63) is 22.3 Å². The number of nitrogen functional groups attached to an aromatic ring is 1. The van der Waals surface area contributed by atoms with Crippen molar-refractivity contribution in [1.29, 1.82) is 5.41 Å². The Hall–Kier alpha value is -2.44. The molecule has 2 amide bonds. The van der Waals surface area contributed by atoms with Crippen LogP contribution in [0.1, 0.15) is 25.5 Å². The van der Waals surface area contributed by atoms with Crippen LogP contribution in [-0.4, -0.2) is 82.7 Å². The molecule has 2 aliphatic rings. The highest BCUT2D eigenvalue weighted by Gasteiger charge is 2.54. The summed E-state index contributed by atoms with van der Waals surface area (Å²) >= 11 is 2.61. The molecule has 0 aromatic carbocycles. The largest absolute Gasteiger partial charge is 0.464 e. The molecule has 3 rings (SSSR count). The van der Waals surface area contributed by atoms with Crippen LogP contribution in [0.15, 0.2) is 16.7 Å². The van der Waals surface area contributed by atoms with Crippen molar-refractivity contribution in [2.24, 2.45) is 0 Å². The van der Waals surface area contributed by atoms with Gasteiger partial charge in [0.2, 0.25) is 0 Å². The van der Waals surface area contributed by atoms with Crippen molar-refractivity contribution in [3.63, 3.8) is 0 Å². The predicted octanol–water partition coefficient (Wildman–Crippen LogP) is 0.652. The normalized spacial score (nSPS) is 20.4. The molecule has 0 radical (unpaired) electrons. The number of fused-ring (bicyclic) bond motifs is 1. The number of carbonyl (C=O) groups is 3. The van der Waals surface area contributed by atoms with Crippen LogP contribution in [0.3, 0.4) is 0 Å². The van der Waals surface area contributed by atoms with E-state index in [0.717, 1.165) is 36.3 Å². The van der Waals surface area contributed by atoms with Gasteiger partial charge in [-0.15, -0.1) is 23.1 Å². The topological polar surface area (TPSA) is 142 Å². The summed E-state index contributed by atoms with van der Waals surface area (Å²) in [6.45, 7) is 3.56. The van der Waals surface area contributed by atoms with E-state index in [1.165, 1.54) is 29.2 Å². The van der Waals surface area contributed by atoms with Crippen LogP contribution < -0.4 is 11.1 Å². The lowest BCUT2D eigenvalue weighted by atomic mass is 10.0. The van der Waals surface area contributed by atoms with Crippen LogP contribution >= 0.6 is 23.1 Å². The average molecular weight is 467 g/mol.